The Labute approximate surface area is 213 Å². The highest BCUT2D eigenvalue weighted by Gasteiger charge is 2.12. The molecule has 4 aromatic rings. The standard InChI is InChI=1S/C30H35N3O3/c1-4-22(2)24-11-15-26(16-12-24)36-20-19-33-28-8-6-5-7-27(28)32-29(33)17-18-31-30(34)21-23-9-13-25(35-3)14-10-23/h5-16,22H,4,17-21H2,1-3H3,(H,31,34). The lowest BCUT2D eigenvalue weighted by Gasteiger charge is -2.13. The van der Waals surface area contributed by atoms with Gasteiger partial charge in [0.05, 0.1) is 31.1 Å². The highest BCUT2D eigenvalue weighted by Crippen LogP contribution is 2.22. The molecule has 0 aliphatic carbocycles. The normalized spacial score (nSPS) is 11.9. The molecule has 4 rings (SSSR count). The van der Waals surface area contributed by atoms with Gasteiger partial charge in [0, 0.05) is 13.0 Å². The first-order chi connectivity index (χ1) is 17.6. The molecule has 1 N–H and O–H groups in total. The van der Waals surface area contributed by atoms with Crippen molar-refractivity contribution in [2.75, 3.05) is 20.3 Å². The lowest BCUT2D eigenvalue weighted by Crippen LogP contribution is -2.28. The second kappa shape index (κ2) is 12.2. The van der Waals surface area contributed by atoms with Crippen molar-refractivity contribution in [3.05, 3.63) is 89.7 Å². The second-order valence-electron chi connectivity index (χ2n) is 9.02. The average molecular weight is 486 g/mol. The molecule has 1 unspecified atom stereocenters. The van der Waals surface area contributed by atoms with Crippen LogP contribution in [0.1, 0.15) is 43.1 Å². The van der Waals surface area contributed by atoms with E-state index in [1.54, 1.807) is 7.11 Å². The van der Waals surface area contributed by atoms with Crippen LogP contribution in [-0.2, 0) is 24.2 Å². The number of nitrogens with zero attached hydrogens (tertiary/aromatic N) is 2. The fraction of sp³-hybridized carbons (Fsp3) is 0.333. The van der Waals surface area contributed by atoms with E-state index in [0.29, 0.717) is 38.5 Å². The van der Waals surface area contributed by atoms with Crippen molar-refractivity contribution in [2.24, 2.45) is 0 Å². The van der Waals surface area contributed by atoms with Gasteiger partial charge in [-0.15, -0.1) is 0 Å². The minimum absolute atomic E-state index is 0.00741. The van der Waals surface area contributed by atoms with Gasteiger partial charge in [-0.3, -0.25) is 4.79 Å². The Balaban J connectivity index is 1.34. The third-order valence-electron chi connectivity index (χ3n) is 6.57. The zero-order valence-electron chi connectivity index (χ0n) is 21.4. The molecule has 0 aliphatic heterocycles. The van der Waals surface area contributed by atoms with Crippen molar-refractivity contribution in [3.63, 3.8) is 0 Å². The summed E-state index contributed by atoms with van der Waals surface area (Å²) in [5, 5.41) is 3.03. The molecule has 0 saturated heterocycles. The molecule has 0 fully saturated rings. The zero-order chi connectivity index (χ0) is 25.3. The summed E-state index contributed by atoms with van der Waals surface area (Å²) in [5.74, 6) is 3.14. The molecule has 1 heterocycles. The summed E-state index contributed by atoms with van der Waals surface area (Å²) in [6.45, 7) is 6.19. The molecular formula is C30H35N3O3. The lowest BCUT2D eigenvalue weighted by atomic mass is 9.99. The molecule has 1 aromatic heterocycles. The Morgan fingerprint density at radius 1 is 1.00 bits per heavy atom. The first-order valence-electron chi connectivity index (χ1n) is 12.6. The molecule has 6 heteroatoms. The van der Waals surface area contributed by atoms with Crippen LogP contribution in [0.4, 0.5) is 0 Å². The maximum Gasteiger partial charge on any atom is 0.224 e. The van der Waals surface area contributed by atoms with Gasteiger partial charge in [0.25, 0.3) is 0 Å². The Morgan fingerprint density at radius 3 is 2.44 bits per heavy atom. The number of amides is 1. The van der Waals surface area contributed by atoms with Gasteiger partial charge >= 0.3 is 0 Å². The SMILES string of the molecule is CCC(C)c1ccc(OCCn2c(CCNC(=O)Cc3ccc(OC)cc3)nc3ccccc32)cc1. The third kappa shape index (κ3) is 6.45. The van der Waals surface area contributed by atoms with Gasteiger partial charge < -0.3 is 19.4 Å². The Bertz CT molecular complexity index is 1260. The summed E-state index contributed by atoms with van der Waals surface area (Å²) in [5.41, 5.74) is 4.32. The monoisotopic (exact) mass is 485 g/mol. The minimum atomic E-state index is -0.00741. The molecule has 0 bridgehead atoms. The zero-order valence-corrected chi connectivity index (χ0v) is 21.4. The average Bonchev–Trinajstić information content (AvgIpc) is 3.26. The van der Waals surface area contributed by atoms with E-state index >= 15 is 0 Å². The Hall–Kier alpha value is -3.80. The molecule has 0 aliphatic rings. The van der Waals surface area contributed by atoms with Crippen LogP contribution in [-0.4, -0.2) is 35.7 Å². The fourth-order valence-electron chi connectivity index (χ4n) is 4.25. The number of hydrogen-bond acceptors (Lipinski definition) is 4. The van der Waals surface area contributed by atoms with E-state index in [1.807, 2.05) is 54.6 Å². The first kappa shape index (κ1) is 25.3. The smallest absolute Gasteiger partial charge is 0.224 e. The highest BCUT2D eigenvalue weighted by molar-refractivity contribution is 5.78. The molecule has 0 saturated carbocycles. The van der Waals surface area contributed by atoms with E-state index in [2.05, 4.69) is 41.9 Å². The lowest BCUT2D eigenvalue weighted by molar-refractivity contribution is -0.120. The quantitative estimate of drug-likeness (QED) is 0.286. The van der Waals surface area contributed by atoms with E-state index in [-0.39, 0.29) is 5.91 Å². The van der Waals surface area contributed by atoms with Crippen LogP contribution >= 0.6 is 0 Å². The third-order valence-corrected chi connectivity index (χ3v) is 6.57. The van der Waals surface area contributed by atoms with E-state index in [0.717, 1.165) is 40.3 Å². The molecule has 1 atom stereocenters. The van der Waals surface area contributed by atoms with Crippen molar-refractivity contribution in [2.45, 2.75) is 45.6 Å². The van der Waals surface area contributed by atoms with Gasteiger partial charge in [0.2, 0.25) is 5.91 Å². The Kier molecular flexibility index (Phi) is 8.61. The number of carbonyl (C=O) groups is 1. The van der Waals surface area contributed by atoms with E-state index < -0.39 is 0 Å². The molecule has 6 nitrogen and oxygen atoms in total. The van der Waals surface area contributed by atoms with Crippen molar-refractivity contribution in [1.29, 1.82) is 0 Å². The van der Waals surface area contributed by atoms with Crippen molar-refractivity contribution < 1.29 is 14.3 Å². The minimum Gasteiger partial charge on any atom is -0.497 e. The number of nitrogens with one attached hydrogen (secondary N) is 1. The summed E-state index contributed by atoms with van der Waals surface area (Å²) in [4.78, 5) is 17.3. The number of hydrogen-bond donors (Lipinski definition) is 1. The number of aromatic nitrogens is 2. The van der Waals surface area contributed by atoms with Gasteiger partial charge in [-0.2, -0.15) is 0 Å². The molecule has 1 amide bonds. The highest BCUT2D eigenvalue weighted by atomic mass is 16.5. The largest absolute Gasteiger partial charge is 0.497 e. The predicted molar refractivity (Wildman–Crippen MR) is 144 cm³/mol. The van der Waals surface area contributed by atoms with Crippen molar-refractivity contribution in [3.8, 4) is 11.5 Å². The summed E-state index contributed by atoms with van der Waals surface area (Å²) < 4.78 is 13.4. The molecule has 36 heavy (non-hydrogen) atoms. The van der Waals surface area contributed by atoms with Crippen LogP contribution in [0.5, 0.6) is 11.5 Å². The molecule has 0 spiro atoms. The van der Waals surface area contributed by atoms with Gasteiger partial charge in [-0.05, 0) is 59.9 Å². The molecule has 188 valence electrons. The predicted octanol–water partition coefficient (Wildman–Crippen LogP) is 5.54. The number of rotatable bonds is 12. The topological polar surface area (TPSA) is 65.4 Å². The van der Waals surface area contributed by atoms with Gasteiger partial charge in [-0.1, -0.05) is 50.2 Å². The van der Waals surface area contributed by atoms with Gasteiger partial charge in [0.1, 0.15) is 23.9 Å². The second-order valence-corrected chi connectivity index (χ2v) is 9.02. The number of carbonyl (C=O) groups excluding carboxylic acids is 1. The van der Waals surface area contributed by atoms with Crippen molar-refractivity contribution in [1.82, 2.24) is 14.9 Å². The number of ether oxygens (including phenoxy) is 2. The maximum absolute atomic E-state index is 12.4. The summed E-state index contributed by atoms with van der Waals surface area (Å²) in [6.07, 6.45) is 2.11. The van der Waals surface area contributed by atoms with E-state index in [1.165, 1.54) is 5.56 Å². The van der Waals surface area contributed by atoms with Crippen LogP contribution < -0.4 is 14.8 Å². The van der Waals surface area contributed by atoms with E-state index in [4.69, 9.17) is 14.5 Å². The summed E-state index contributed by atoms with van der Waals surface area (Å²) >= 11 is 0. The van der Waals surface area contributed by atoms with Crippen LogP contribution in [0, 0.1) is 0 Å². The first-order valence-corrected chi connectivity index (χ1v) is 12.6. The molecular weight excluding hydrogens is 450 g/mol. The number of para-hydroxylation sites is 2. The number of imidazole rings is 1. The fourth-order valence-corrected chi connectivity index (χ4v) is 4.25. The summed E-state index contributed by atoms with van der Waals surface area (Å²) in [7, 11) is 1.63. The molecule has 3 aromatic carbocycles. The van der Waals surface area contributed by atoms with Crippen LogP contribution in [0.2, 0.25) is 0 Å². The van der Waals surface area contributed by atoms with Gasteiger partial charge in [-0.25, -0.2) is 4.98 Å². The van der Waals surface area contributed by atoms with E-state index in [9.17, 15) is 4.79 Å². The number of benzene rings is 3. The number of methoxy groups -OCH3 is 1. The molecule has 0 radical (unpaired) electrons. The maximum atomic E-state index is 12.4. The van der Waals surface area contributed by atoms with Gasteiger partial charge in [0.15, 0.2) is 0 Å². The van der Waals surface area contributed by atoms with Crippen LogP contribution in [0.25, 0.3) is 11.0 Å². The Morgan fingerprint density at radius 2 is 1.72 bits per heavy atom. The van der Waals surface area contributed by atoms with Crippen molar-refractivity contribution >= 4 is 16.9 Å². The number of fused-ring (bicyclic) bond motifs is 1. The van der Waals surface area contributed by atoms with Crippen LogP contribution in [0.15, 0.2) is 72.8 Å². The summed E-state index contributed by atoms with van der Waals surface area (Å²) in [6, 6.07) is 24.1. The van der Waals surface area contributed by atoms with Crippen LogP contribution in [0.3, 0.4) is 0 Å².